The van der Waals surface area contributed by atoms with Gasteiger partial charge < -0.3 is 10.2 Å². The zero-order valence-electron chi connectivity index (χ0n) is 15.5. The van der Waals surface area contributed by atoms with Crippen LogP contribution in [0, 0.1) is 10.1 Å². The molecular formula is C20H19N5O3S. The average molecular weight is 409 g/mol. The number of nitrogens with one attached hydrogen (secondary N) is 1. The molecule has 29 heavy (non-hydrogen) atoms. The van der Waals surface area contributed by atoms with Gasteiger partial charge in [-0.1, -0.05) is 6.07 Å². The standard InChI is InChI=1S/C20H19N5O3S/c26-20(22-16-2-1-3-17(12-16)25(27)28)24-10-6-15(7-11-24)19-23-18(13-29-19)14-4-8-21-9-5-14/h1-5,8-9,12-13,15H,6-7,10-11H2,(H,22,26). The number of nitro groups is 1. The van der Waals surface area contributed by atoms with E-state index >= 15 is 0 Å². The van der Waals surface area contributed by atoms with Crippen LogP contribution in [-0.4, -0.2) is 38.9 Å². The number of thiazole rings is 1. The summed E-state index contributed by atoms with van der Waals surface area (Å²) in [7, 11) is 0. The van der Waals surface area contributed by atoms with Gasteiger partial charge in [0.2, 0.25) is 0 Å². The highest BCUT2D eigenvalue weighted by Crippen LogP contribution is 2.33. The minimum absolute atomic E-state index is 0.0460. The Morgan fingerprint density at radius 3 is 2.69 bits per heavy atom. The average Bonchev–Trinajstić information content (AvgIpc) is 3.25. The minimum Gasteiger partial charge on any atom is -0.324 e. The molecule has 3 heterocycles. The monoisotopic (exact) mass is 409 g/mol. The second-order valence-corrected chi connectivity index (χ2v) is 7.70. The van der Waals surface area contributed by atoms with E-state index in [1.165, 1.54) is 12.1 Å². The number of nitrogens with zero attached hydrogens (tertiary/aromatic N) is 4. The fraction of sp³-hybridized carbons (Fsp3) is 0.250. The number of aromatic nitrogens is 2. The highest BCUT2D eigenvalue weighted by Gasteiger charge is 2.26. The summed E-state index contributed by atoms with van der Waals surface area (Å²) >= 11 is 1.65. The summed E-state index contributed by atoms with van der Waals surface area (Å²) in [4.78, 5) is 33.5. The van der Waals surface area contributed by atoms with E-state index in [1.807, 2.05) is 12.1 Å². The van der Waals surface area contributed by atoms with Crippen molar-refractivity contribution in [1.82, 2.24) is 14.9 Å². The van der Waals surface area contributed by atoms with Gasteiger partial charge in [0.15, 0.2) is 0 Å². The number of likely N-dealkylation sites (tertiary alicyclic amines) is 1. The van der Waals surface area contributed by atoms with Crippen molar-refractivity contribution >= 4 is 28.7 Å². The van der Waals surface area contributed by atoms with Gasteiger partial charge in [0.25, 0.3) is 5.69 Å². The maximum Gasteiger partial charge on any atom is 0.321 e. The number of amides is 2. The molecule has 1 aliphatic rings. The number of hydrogen-bond acceptors (Lipinski definition) is 6. The molecule has 0 atom stereocenters. The summed E-state index contributed by atoms with van der Waals surface area (Å²) in [5.74, 6) is 0.331. The van der Waals surface area contributed by atoms with Gasteiger partial charge in [-0.3, -0.25) is 15.1 Å². The van der Waals surface area contributed by atoms with E-state index in [2.05, 4.69) is 15.7 Å². The Labute approximate surface area is 171 Å². The van der Waals surface area contributed by atoms with Crippen molar-refractivity contribution in [3.63, 3.8) is 0 Å². The lowest BCUT2D eigenvalue weighted by Gasteiger charge is -2.31. The number of piperidine rings is 1. The number of carbonyl (C=O) groups excluding carboxylic acids is 1. The van der Waals surface area contributed by atoms with Crippen LogP contribution in [0.15, 0.2) is 54.2 Å². The number of pyridine rings is 1. The lowest BCUT2D eigenvalue weighted by molar-refractivity contribution is -0.384. The highest BCUT2D eigenvalue weighted by molar-refractivity contribution is 7.10. The van der Waals surface area contributed by atoms with Crippen LogP contribution in [0.1, 0.15) is 23.8 Å². The molecule has 8 nitrogen and oxygen atoms in total. The third kappa shape index (κ3) is 4.40. The Kier molecular flexibility index (Phi) is 5.48. The van der Waals surface area contributed by atoms with Crippen molar-refractivity contribution in [3.05, 3.63) is 69.3 Å². The Balaban J connectivity index is 1.35. The number of benzene rings is 1. The van der Waals surface area contributed by atoms with E-state index in [9.17, 15) is 14.9 Å². The lowest BCUT2D eigenvalue weighted by Crippen LogP contribution is -2.40. The van der Waals surface area contributed by atoms with E-state index in [0.29, 0.717) is 24.7 Å². The third-order valence-electron chi connectivity index (χ3n) is 4.94. The first-order chi connectivity index (χ1) is 14.1. The number of urea groups is 1. The van der Waals surface area contributed by atoms with Crippen molar-refractivity contribution in [2.45, 2.75) is 18.8 Å². The quantitative estimate of drug-likeness (QED) is 0.504. The molecule has 0 unspecified atom stereocenters. The van der Waals surface area contributed by atoms with Crippen LogP contribution in [0.25, 0.3) is 11.3 Å². The van der Waals surface area contributed by atoms with Gasteiger partial charge in [-0.15, -0.1) is 11.3 Å². The molecule has 3 aromatic rings. The van der Waals surface area contributed by atoms with Gasteiger partial charge >= 0.3 is 6.03 Å². The van der Waals surface area contributed by atoms with Crippen LogP contribution in [-0.2, 0) is 0 Å². The molecule has 1 aliphatic heterocycles. The summed E-state index contributed by atoms with van der Waals surface area (Å²) in [5.41, 5.74) is 2.39. The fourth-order valence-electron chi connectivity index (χ4n) is 3.36. The Bertz CT molecular complexity index is 1020. The summed E-state index contributed by atoms with van der Waals surface area (Å²) in [6.45, 7) is 1.24. The molecule has 0 spiro atoms. The number of anilines is 1. The Morgan fingerprint density at radius 1 is 1.21 bits per heavy atom. The first-order valence-electron chi connectivity index (χ1n) is 9.26. The third-order valence-corrected chi connectivity index (χ3v) is 5.94. The highest BCUT2D eigenvalue weighted by atomic mass is 32.1. The van der Waals surface area contributed by atoms with Crippen LogP contribution in [0.2, 0.25) is 0 Å². The molecule has 148 valence electrons. The predicted octanol–water partition coefficient (Wildman–Crippen LogP) is 4.52. The number of non-ortho nitro benzene ring substituents is 1. The SMILES string of the molecule is O=C(Nc1cccc([N+](=O)[O-])c1)N1CCC(c2nc(-c3ccncc3)cs2)CC1. The van der Waals surface area contributed by atoms with Crippen LogP contribution in [0.4, 0.5) is 16.2 Å². The number of nitro benzene ring substituents is 1. The summed E-state index contributed by atoms with van der Waals surface area (Å²) in [6.07, 6.45) is 5.19. The summed E-state index contributed by atoms with van der Waals surface area (Å²) in [6, 6.07) is 9.62. The summed E-state index contributed by atoms with van der Waals surface area (Å²) in [5, 5.41) is 16.8. The molecule has 0 radical (unpaired) electrons. The van der Waals surface area contributed by atoms with Crippen molar-refractivity contribution in [1.29, 1.82) is 0 Å². The lowest BCUT2D eigenvalue weighted by atomic mass is 9.98. The Morgan fingerprint density at radius 2 is 1.97 bits per heavy atom. The zero-order valence-corrected chi connectivity index (χ0v) is 16.3. The normalized spacial score (nSPS) is 14.6. The molecule has 1 saturated heterocycles. The molecular weight excluding hydrogens is 390 g/mol. The molecule has 0 saturated carbocycles. The first-order valence-corrected chi connectivity index (χ1v) is 10.1. The minimum atomic E-state index is -0.477. The maximum atomic E-state index is 12.5. The molecule has 4 rings (SSSR count). The number of rotatable bonds is 4. The molecule has 1 N–H and O–H groups in total. The molecule has 9 heteroatoms. The predicted molar refractivity (Wildman–Crippen MR) is 111 cm³/mol. The van der Waals surface area contributed by atoms with Gasteiger partial charge in [0.1, 0.15) is 0 Å². The van der Waals surface area contributed by atoms with Crippen LogP contribution < -0.4 is 5.32 Å². The smallest absolute Gasteiger partial charge is 0.321 e. The van der Waals surface area contributed by atoms with Gasteiger partial charge in [0, 0.05) is 60.2 Å². The van der Waals surface area contributed by atoms with Gasteiger partial charge in [-0.25, -0.2) is 9.78 Å². The molecule has 0 bridgehead atoms. The summed E-state index contributed by atoms with van der Waals surface area (Å²) < 4.78 is 0. The molecule has 0 aliphatic carbocycles. The van der Waals surface area contributed by atoms with Crippen LogP contribution >= 0.6 is 11.3 Å². The molecule has 2 amide bonds. The van der Waals surface area contributed by atoms with Gasteiger partial charge in [-0.05, 0) is 31.0 Å². The van der Waals surface area contributed by atoms with Gasteiger partial charge in [0.05, 0.1) is 15.6 Å². The van der Waals surface area contributed by atoms with Crippen molar-refractivity contribution in [2.75, 3.05) is 18.4 Å². The van der Waals surface area contributed by atoms with E-state index in [1.54, 1.807) is 40.8 Å². The van der Waals surface area contributed by atoms with Crippen molar-refractivity contribution in [2.24, 2.45) is 0 Å². The van der Waals surface area contributed by atoms with Crippen molar-refractivity contribution < 1.29 is 9.72 Å². The molecule has 2 aromatic heterocycles. The number of hydrogen-bond donors (Lipinski definition) is 1. The van der Waals surface area contributed by atoms with E-state index < -0.39 is 4.92 Å². The van der Waals surface area contributed by atoms with E-state index in [4.69, 9.17) is 4.98 Å². The van der Waals surface area contributed by atoms with E-state index in [-0.39, 0.29) is 11.7 Å². The fourth-order valence-corrected chi connectivity index (χ4v) is 4.36. The number of carbonyl (C=O) groups is 1. The second kappa shape index (κ2) is 8.36. The van der Waals surface area contributed by atoms with E-state index in [0.717, 1.165) is 29.1 Å². The Hall–Kier alpha value is -3.33. The van der Waals surface area contributed by atoms with Crippen LogP contribution in [0.3, 0.4) is 0 Å². The topological polar surface area (TPSA) is 101 Å². The second-order valence-electron chi connectivity index (χ2n) is 6.81. The first kappa shape index (κ1) is 19.0. The van der Waals surface area contributed by atoms with Gasteiger partial charge in [-0.2, -0.15) is 0 Å². The largest absolute Gasteiger partial charge is 0.324 e. The maximum absolute atomic E-state index is 12.5. The molecule has 1 fully saturated rings. The van der Waals surface area contributed by atoms with Crippen molar-refractivity contribution in [3.8, 4) is 11.3 Å². The molecule has 1 aromatic carbocycles. The van der Waals surface area contributed by atoms with Crippen LogP contribution in [0.5, 0.6) is 0 Å². The zero-order chi connectivity index (χ0) is 20.2.